The van der Waals surface area contributed by atoms with Gasteiger partial charge >= 0.3 is 5.97 Å². The summed E-state index contributed by atoms with van der Waals surface area (Å²) in [7, 11) is 1.68. The fourth-order valence-corrected chi connectivity index (χ4v) is 4.99. The second-order valence-corrected chi connectivity index (χ2v) is 9.10. The van der Waals surface area contributed by atoms with Crippen LogP contribution in [0, 0.1) is 23.7 Å². The average Bonchev–Trinajstić information content (AvgIpc) is 2.88. The Labute approximate surface area is 206 Å². The van der Waals surface area contributed by atoms with Crippen LogP contribution >= 0.6 is 0 Å². The van der Waals surface area contributed by atoms with Crippen molar-refractivity contribution in [1.29, 1.82) is 0 Å². The molecule has 1 aliphatic heterocycles. The van der Waals surface area contributed by atoms with Crippen LogP contribution in [0.15, 0.2) is 48.9 Å². The van der Waals surface area contributed by atoms with Gasteiger partial charge in [0.15, 0.2) is 0 Å². The third-order valence-electron chi connectivity index (χ3n) is 6.83. The molecular formula is C28H32N4O3. The molecule has 4 rings (SSSR count). The number of carbonyl (C=O) groups is 1. The fraction of sp³-hybridized carbons (Fsp3) is 0.429. The van der Waals surface area contributed by atoms with Crippen molar-refractivity contribution in [1.82, 2.24) is 19.9 Å². The van der Waals surface area contributed by atoms with Crippen LogP contribution < -0.4 is 4.74 Å². The smallest absolute Gasteiger partial charge is 0.303 e. The van der Waals surface area contributed by atoms with E-state index in [9.17, 15) is 9.90 Å². The first kappa shape index (κ1) is 24.6. The van der Waals surface area contributed by atoms with Gasteiger partial charge in [0.25, 0.3) is 0 Å². The molecule has 7 nitrogen and oxygen atoms in total. The molecule has 2 unspecified atom stereocenters. The predicted octanol–water partition coefficient (Wildman–Crippen LogP) is 4.21. The number of likely N-dealkylation sites (tertiary alicyclic amines) is 1. The highest BCUT2D eigenvalue weighted by molar-refractivity contribution is 5.83. The highest BCUT2D eigenvalue weighted by Gasteiger charge is 2.29. The van der Waals surface area contributed by atoms with E-state index in [0.29, 0.717) is 30.6 Å². The molecule has 2 atom stereocenters. The van der Waals surface area contributed by atoms with Gasteiger partial charge in [-0.05, 0) is 92.3 Å². The van der Waals surface area contributed by atoms with E-state index < -0.39 is 5.97 Å². The normalized spacial score (nSPS) is 18.1. The SMILES string of the molecule is COc1ccc2nccc(CCCC3CCN(CC#Cc4ncccn4)CC3CCC(=O)O)c2c1. The number of aryl methyl sites for hydroxylation is 1. The molecule has 0 amide bonds. The molecular weight excluding hydrogens is 440 g/mol. The van der Waals surface area contributed by atoms with Crippen LogP contribution in [0.5, 0.6) is 5.75 Å². The maximum atomic E-state index is 11.3. The molecule has 2 aromatic heterocycles. The van der Waals surface area contributed by atoms with Gasteiger partial charge in [-0.2, -0.15) is 0 Å². The third-order valence-corrected chi connectivity index (χ3v) is 6.83. The number of hydrogen-bond donors (Lipinski definition) is 1. The number of piperidine rings is 1. The Morgan fingerprint density at radius 1 is 1.14 bits per heavy atom. The molecule has 182 valence electrons. The summed E-state index contributed by atoms with van der Waals surface area (Å²) in [5.74, 6) is 7.75. The van der Waals surface area contributed by atoms with Gasteiger partial charge in [0.2, 0.25) is 5.82 Å². The lowest BCUT2D eigenvalue weighted by Crippen LogP contribution is -2.41. The van der Waals surface area contributed by atoms with Crippen LogP contribution in [-0.2, 0) is 11.2 Å². The van der Waals surface area contributed by atoms with Crippen molar-refractivity contribution >= 4 is 16.9 Å². The summed E-state index contributed by atoms with van der Waals surface area (Å²) in [6, 6.07) is 9.88. The standard InChI is InChI=1S/C28H32N4O3/c1-35-24-9-10-26-25(19-24)22(12-16-29-26)6-2-5-21-13-18-32(20-23(21)8-11-28(33)34)17-3-7-27-30-14-4-15-31-27/h4,9-10,12,14-16,19,21,23H,2,5-6,8,11,13,17-18,20H2,1H3,(H,33,34). The molecule has 1 N–H and O–H groups in total. The van der Waals surface area contributed by atoms with Gasteiger partial charge in [0.05, 0.1) is 19.2 Å². The third kappa shape index (κ3) is 7.00. The number of aliphatic carboxylic acids is 1. The summed E-state index contributed by atoms with van der Waals surface area (Å²) in [6.07, 6.45) is 10.4. The quantitative estimate of drug-likeness (QED) is 0.467. The minimum absolute atomic E-state index is 0.216. The lowest BCUT2D eigenvalue weighted by Gasteiger charge is -2.38. The van der Waals surface area contributed by atoms with Gasteiger partial charge in [-0.3, -0.25) is 14.7 Å². The van der Waals surface area contributed by atoms with Crippen LogP contribution in [0.2, 0.25) is 0 Å². The van der Waals surface area contributed by atoms with Gasteiger partial charge in [-0.25, -0.2) is 9.97 Å². The topological polar surface area (TPSA) is 88.4 Å². The van der Waals surface area contributed by atoms with Crippen LogP contribution in [0.25, 0.3) is 10.9 Å². The maximum Gasteiger partial charge on any atom is 0.303 e. The lowest BCUT2D eigenvalue weighted by atomic mass is 9.79. The van der Waals surface area contributed by atoms with Gasteiger partial charge in [0, 0.05) is 36.9 Å². The molecule has 0 radical (unpaired) electrons. The van der Waals surface area contributed by atoms with Gasteiger partial charge < -0.3 is 9.84 Å². The van der Waals surface area contributed by atoms with Crippen LogP contribution in [0.4, 0.5) is 0 Å². The molecule has 3 heterocycles. The summed E-state index contributed by atoms with van der Waals surface area (Å²) in [4.78, 5) is 26.4. The van der Waals surface area contributed by atoms with E-state index in [2.05, 4.69) is 43.8 Å². The zero-order valence-electron chi connectivity index (χ0n) is 20.2. The molecule has 0 saturated carbocycles. The number of benzene rings is 1. The number of hydrogen-bond acceptors (Lipinski definition) is 6. The number of ether oxygens (including phenoxy) is 1. The zero-order valence-corrected chi connectivity index (χ0v) is 20.2. The molecule has 7 heteroatoms. The summed E-state index contributed by atoms with van der Waals surface area (Å²) < 4.78 is 5.40. The van der Waals surface area contributed by atoms with Crippen molar-refractivity contribution < 1.29 is 14.6 Å². The molecule has 0 bridgehead atoms. The Balaban J connectivity index is 1.35. The molecule has 0 aliphatic carbocycles. The van der Waals surface area contributed by atoms with Gasteiger partial charge in [0.1, 0.15) is 5.75 Å². The van der Waals surface area contributed by atoms with E-state index in [1.54, 1.807) is 25.6 Å². The first-order valence-corrected chi connectivity index (χ1v) is 12.2. The number of pyridine rings is 1. The van der Waals surface area contributed by atoms with E-state index >= 15 is 0 Å². The van der Waals surface area contributed by atoms with Crippen molar-refractivity contribution in [3.63, 3.8) is 0 Å². The summed E-state index contributed by atoms with van der Waals surface area (Å²) in [6.45, 7) is 2.52. The van der Waals surface area contributed by atoms with Gasteiger partial charge in [-0.1, -0.05) is 5.92 Å². The van der Waals surface area contributed by atoms with Crippen molar-refractivity contribution in [2.75, 3.05) is 26.7 Å². The Kier molecular flexibility index (Phi) is 8.63. The largest absolute Gasteiger partial charge is 0.497 e. The van der Waals surface area contributed by atoms with Crippen molar-refractivity contribution in [2.24, 2.45) is 11.8 Å². The maximum absolute atomic E-state index is 11.3. The first-order valence-electron chi connectivity index (χ1n) is 12.2. The monoisotopic (exact) mass is 472 g/mol. The predicted molar refractivity (Wildman–Crippen MR) is 135 cm³/mol. The molecule has 1 aromatic carbocycles. The molecule has 3 aromatic rings. The Hall–Kier alpha value is -3.50. The lowest BCUT2D eigenvalue weighted by molar-refractivity contribution is -0.137. The summed E-state index contributed by atoms with van der Waals surface area (Å²) in [5, 5.41) is 10.4. The molecule has 1 fully saturated rings. The first-order chi connectivity index (χ1) is 17.1. The summed E-state index contributed by atoms with van der Waals surface area (Å²) in [5.41, 5.74) is 2.27. The van der Waals surface area contributed by atoms with Crippen LogP contribution in [0.1, 0.15) is 43.5 Å². The van der Waals surface area contributed by atoms with Crippen molar-refractivity contribution in [3.05, 3.63) is 60.3 Å². The minimum atomic E-state index is -0.723. The highest BCUT2D eigenvalue weighted by atomic mass is 16.5. The Morgan fingerprint density at radius 3 is 2.80 bits per heavy atom. The Bertz CT molecular complexity index is 1190. The van der Waals surface area contributed by atoms with E-state index in [0.717, 1.165) is 55.4 Å². The van der Waals surface area contributed by atoms with Crippen LogP contribution in [0.3, 0.4) is 0 Å². The van der Waals surface area contributed by atoms with E-state index in [-0.39, 0.29) is 6.42 Å². The number of carboxylic acids is 1. The highest BCUT2D eigenvalue weighted by Crippen LogP contribution is 2.32. The Morgan fingerprint density at radius 2 is 2.00 bits per heavy atom. The average molecular weight is 473 g/mol. The second kappa shape index (κ2) is 12.3. The van der Waals surface area contributed by atoms with Crippen molar-refractivity contribution in [3.8, 4) is 17.6 Å². The van der Waals surface area contributed by atoms with E-state index in [1.807, 2.05) is 18.3 Å². The molecule has 1 saturated heterocycles. The minimum Gasteiger partial charge on any atom is -0.497 e. The molecule has 1 aliphatic rings. The number of fused-ring (bicyclic) bond motifs is 1. The van der Waals surface area contributed by atoms with Gasteiger partial charge in [-0.15, -0.1) is 0 Å². The number of aromatic nitrogens is 3. The van der Waals surface area contributed by atoms with E-state index in [4.69, 9.17) is 4.74 Å². The van der Waals surface area contributed by atoms with Crippen LogP contribution in [-0.4, -0.2) is 57.7 Å². The number of carboxylic acid groups (broad SMARTS) is 1. The number of rotatable bonds is 9. The van der Waals surface area contributed by atoms with E-state index in [1.165, 1.54) is 5.56 Å². The molecule has 0 spiro atoms. The zero-order chi connectivity index (χ0) is 24.5. The number of nitrogens with zero attached hydrogens (tertiary/aromatic N) is 4. The van der Waals surface area contributed by atoms with Crippen molar-refractivity contribution in [2.45, 2.75) is 38.5 Å². The second-order valence-electron chi connectivity index (χ2n) is 9.10. The molecule has 35 heavy (non-hydrogen) atoms. The number of methoxy groups -OCH3 is 1. The summed E-state index contributed by atoms with van der Waals surface area (Å²) >= 11 is 0. The fourth-order valence-electron chi connectivity index (χ4n) is 4.99.